The molecule has 0 aliphatic heterocycles. The number of aryl methyl sites for hydroxylation is 2. The summed E-state index contributed by atoms with van der Waals surface area (Å²) in [5, 5.41) is 7.42. The zero-order valence-corrected chi connectivity index (χ0v) is 14.2. The number of rotatable bonds is 6. The van der Waals surface area contributed by atoms with E-state index in [2.05, 4.69) is 10.3 Å². The second-order valence-corrected chi connectivity index (χ2v) is 5.60. The number of aromatic nitrogens is 2. The van der Waals surface area contributed by atoms with Crippen molar-refractivity contribution in [2.24, 2.45) is 0 Å². The Morgan fingerprint density at radius 1 is 0.846 bits per heavy atom. The molecule has 134 valence electrons. The SMILES string of the molecule is Cc1cc(COC(=O)c2cccc(C(=O)OCc3cc(C)no3)c2)on1. The monoisotopic (exact) mass is 356 g/mol. The standard InChI is InChI=1S/C18H16N2O6/c1-11-6-15(25-19-11)9-23-17(21)13-4-3-5-14(8-13)18(22)24-10-16-7-12(2)20-26-16/h3-8H,9-10H2,1-2H3. The molecule has 2 aromatic heterocycles. The minimum atomic E-state index is -0.584. The smallest absolute Gasteiger partial charge is 0.338 e. The van der Waals surface area contributed by atoms with Gasteiger partial charge in [-0.25, -0.2) is 9.59 Å². The first-order valence-corrected chi connectivity index (χ1v) is 7.80. The van der Waals surface area contributed by atoms with E-state index in [1.165, 1.54) is 6.07 Å². The van der Waals surface area contributed by atoms with E-state index >= 15 is 0 Å². The normalized spacial score (nSPS) is 10.5. The second-order valence-electron chi connectivity index (χ2n) is 5.60. The van der Waals surface area contributed by atoms with Crippen molar-refractivity contribution in [3.63, 3.8) is 0 Å². The van der Waals surface area contributed by atoms with E-state index in [9.17, 15) is 9.59 Å². The first-order chi connectivity index (χ1) is 12.5. The fourth-order valence-corrected chi connectivity index (χ4v) is 2.18. The van der Waals surface area contributed by atoms with E-state index in [1.54, 1.807) is 44.2 Å². The molecule has 0 N–H and O–H groups in total. The Balaban J connectivity index is 1.59. The van der Waals surface area contributed by atoms with Gasteiger partial charge >= 0.3 is 11.9 Å². The van der Waals surface area contributed by atoms with E-state index in [0.29, 0.717) is 22.9 Å². The molecule has 0 saturated heterocycles. The van der Waals surface area contributed by atoms with Crippen LogP contribution in [0.25, 0.3) is 0 Å². The zero-order valence-electron chi connectivity index (χ0n) is 14.2. The van der Waals surface area contributed by atoms with Crippen LogP contribution in [0.15, 0.2) is 45.4 Å². The van der Waals surface area contributed by atoms with Crippen LogP contribution in [-0.4, -0.2) is 22.3 Å². The van der Waals surface area contributed by atoms with Crippen molar-refractivity contribution < 1.29 is 28.1 Å². The quantitative estimate of drug-likeness (QED) is 0.621. The Morgan fingerprint density at radius 2 is 1.31 bits per heavy atom. The molecule has 0 fully saturated rings. The Hall–Kier alpha value is -3.42. The molecular formula is C18H16N2O6. The van der Waals surface area contributed by atoms with Gasteiger partial charge in [0.1, 0.15) is 0 Å². The lowest BCUT2D eigenvalue weighted by Crippen LogP contribution is -2.09. The van der Waals surface area contributed by atoms with Gasteiger partial charge in [0.15, 0.2) is 24.7 Å². The zero-order chi connectivity index (χ0) is 18.5. The van der Waals surface area contributed by atoms with E-state index in [1.807, 2.05) is 0 Å². The molecule has 0 saturated carbocycles. The van der Waals surface area contributed by atoms with Crippen LogP contribution < -0.4 is 0 Å². The van der Waals surface area contributed by atoms with Crippen molar-refractivity contribution in [2.75, 3.05) is 0 Å². The van der Waals surface area contributed by atoms with Crippen LogP contribution in [0.1, 0.15) is 43.6 Å². The maximum Gasteiger partial charge on any atom is 0.338 e. The Kier molecular flexibility index (Phi) is 5.12. The van der Waals surface area contributed by atoms with Crippen molar-refractivity contribution in [1.29, 1.82) is 0 Å². The summed E-state index contributed by atoms with van der Waals surface area (Å²) in [7, 11) is 0. The van der Waals surface area contributed by atoms with Gasteiger partial charge in [-0.1, -0.05) is 16.4 Å². The van der Waals surface area contributed by atoms with Gasteiger partial charge in [-0.05, 0) is 32.0 Å². The molecule has 0 unspecified atom stereocenters. The largest absolute Gasteiger partial charge is 0.454 e. The summed E-state index contributed by atoms with van der Waals surface area (Å²) >= 11 is 0. The predicted octanol–water partition coefficient (Wildman–Crippen LogP) is 2.99. The molecule has 0 amide bonds. The number of nitrogens with zero attached hydrogens (tertiary/aromatic N) is 2. The third kappa shape index (κ3) is 4.35. The predicted molar refractivity (Wildman–Crippen MR) is 87.2 cm³/mol. The molecule has 8 nitrogen and oxygen atoms in total. The van der Waals surface area contributed by atoms with Crippen molar-refractivity contribution >= 4 is 11.9 Å². The topological polar surface area (TPSA) is 105 Å². The number of hydrogen-bond acceptors (Lipinski definition) is 8. The lowest BCUT2D eigenvalue weighted by molar-refractivity contribution is 0.0434. The van der Waals surface area contributed by atoms with Gasteiger partial charge in [0.25, 0.3) is 0 Å². The molecule has 26 heavy (non-hydrogen) atoms. The van der Waals surface area contributed by atoms with Crippen molar-refractivity contribution in [3.05, 3.63) is 70.4 Å². The third-order valence-electron chi connectivity index (χ3n) is 3.38. The summed E-state index contributed by atoms with van der Waals surface area (Å²) < 4.78 is 20.2. The molecule has 3 aromatic rings. The summed E-state index contributed by atoms with van der Waals surface area (Å²) in [5.74, 6) is -0.290. The van der Waals surface area contributed by atoms with E-state index in [0.717, 1.165) is 0 Å². The van der Waals surface area contributed by atoms with Crippen LogP contribution in [0.4, 0.5) is 0 Å². The van der Waals surface area contributed by atoms with Crippen molar-refractivity contribution in [2.45, 2.75) is 27.1 Å². The maximum atomic E-state index is 12.1. The summed E-state index contributed by atoms with van der Waals surface area (Å²) in [6, 6.07) is 9.42. The Labute approximate surface area is 148 Å². The van der Waals surface area contributed by atoms with Gasteiger partial charge in [0.2, 0.25) is 0 Å². The number of esters is 2. The third-order valence-corrected chi connectivity index (χ3v) is 3.38. The van der Waals surface area contributed by atoms with E-state index in [-0.39, 0.29) is 24.3 Å². The molecule has 0 aliphatic rings. The van der Waals surface area contributed by atoms with Gasteiger partial charge in [0, 0.05) is 12.1 Å². The second kappa shape index (κ2) is 7.64. The van der Waals surface area contributed by atoms with Gasteiger partial charge < -0.3 is 18.5 Å². The highest BCUT2D eigenvalue weighted by Crippen LogP contribution is 2.12. The Morgan fingerprint density at radius 3 is 1.69 bits per heavy atom. The fourth-order valence-electron chi connectivity index (χ4n) is 2.18. The van der Waals surface area contributed by atoms with Gasteiger partial charge in [0.05, 0.1) is 22.5 Å². The average molecular weight is 356 g/mol. The lowest BCUT2D eigenvalue weighted by atomic mass is 10.1. The molecule has 1 aromatic carbocycles. The summed E-state index contributed by atoms with van der Waals surface area (Å²) in [5.41, 5.74) is 1.85. The highest BCUT2D eigenvalue weighted by molar-refractivity contribution is 5.95. The van der Waals surface area contributed by atoms with Gasteiger partial charge in [-0.2, -0.15) is 0 Å². The fraction of sp³-hybridized carbons (Fsp3) is 0.222. The summed E-state index contributed by atoms with van der Waals surface area (Å²) in [4.78, 5) is 24.2. The number of carbonyl (C=O) groups excluding carboxylic acids is 2. The van der Waals surface area contributed by atoms with Crippen LogP contribution in [0.2, 0.25) is 0 Å². The first kappa shape index (κ1) is 17.4. The van der Waals surface area contributed by atoms with Crippen LogP contribution in [0.5, 0.6) is 0 Å². The molecule has 0 radical (unpaired) electrons. The minimum Gasteiger partial charge on any atom is -0.454 e. The van der Waals surface area contributed by atoms with Crippen LogP contribution in [0.3, 0.4) is 0 Å². The lowest BCUT2D eigenvalue weighted by Gasteiger charge is -2.05. The van der Waals surface area contributed by atoms with E-state index in [4.69, 9.17) is 18.5 Å². The number of hydrogen-bond donors (Lipinski definition) is 0. The average Bonchev–Trinajstić information content (AvgIpc) is 3.25. The van der Waals surface area contributed by atoms with Crippen LogP contribution >= 0.6 is 0 Å². The molecule has 0 spiro atoms. The molecule has 8 heteroatoms. The molecule has 3 rings (SSSR count). The molecular weight excluding hydrogens is 340 g/mol. The van der Waals surface area contributed by atoms with Crippen LogP contribution in [0, 0.1) is 13.8 Å². The van der Waals surface area contributed by atoms with Gasteiger partial charge in [-0.3, -0.25) is 0 Å². The Bertz CT molecular complexity index is 856. The van der Waals surface area contributed by atoms with Crippen LogP contribution in [-0.2, 0) is 22.7 Å². The van der Waals surface area contributed by atoms with E-state index < -0.39 is 11.9 Å². The summed E-state index contributed by atoms with van der Waals surface area (Å²) in [6.45, 7) is 3.45. The number of ether oxygens (including phenoxy) is 2. The molecule has 0 bridgehead atoms. The molecule has 0 atom stereocenters. The maximum absolute atomic E-state index is 12.1. The highest BCUT2D eigenvalue weighted by atomic mass is 16.6. The number of carbonyl (C=O) groups is 2. The first-order valence-electron chi connectivity index (χ1n) is 7.80. The molecule has 0 aliphatic carbocycles. The minimum absolute atomic E-state index is 0.0425. The highest BCUT2D eigenvalue weighted by Gasteiger charge is 2.14. The summed E-state index contributed by atoms with van der Waals surface area (Å²) in [6.07, 6.45) is 0. The van der Waals surface area contributed by atoms with Crippen molar-refractivity contribution in [1.82, 2.24) is 10.3 Å². The van der Waals surface area contributed by atoms with Gasteiger partial charge in [-0.15, -0.1) is 0 Å². The molecule has 2 heterocycles. The number of benzene rings is 1. The van der Waals surface area contributed by atoms with Crippen molar-refractivity contribution in [3.8, 4) is 0 Å².